The maximum absolute atomic E-state index is 6.43. The lowest BCUT2D eigenvalue weighted by Crippen LogP contribution is -2.17. The van der Waals surface area contributed by atoms with Gasteiger partial charge in [0, 0.05) is 19.6 Å². The zero-order chi connectivity index (χ0) is 15.2. The van der Waals surface area contributed by atoms with E-state index in [0.717, 1.165) is 48.9 Å². The van der Waals surface area contributed by atoms with Gasteiger partial charge in [-0.2, -0.15) is 5.10 Å². The minimum Gasteiger partial charge on any atom is -0.307 e. The molecule has 2 rings (SSSR count). The topological polar surface area (TPSA) is 29.9 Å². The molecule has 0 atom stereocenters. The van der Waals surface area contributed by atoms with Crippen LogP contribution in [0.15, 0.2) is 24.3 Å². The lowest BCUT2D eigenvalue weighted by atomic mass is 10.1. The summed E-state index contributed by atoms with van der Waals surface area (Å²) in [6.07, 6.45) is 1.93. The first-order valence-corrected chi connectivity index (χ1v) is 8.10. The first-order valence-electron chi connectivity index (χ1n) is 7.72. The van der Waals surface area contributed by atoms with E-state index in [9.17, 15) is 0 Å². The molecule has 21 heavy (non-hydrogen) atoms. The summed E-state index contributed by atoms with van der Waals surface area (Å²) in [6, 6.07) is 8.56. The van der Waals surface area contributed by atoms with Crippen LogP contribution in [0.5, 0.6) is 0 Å². The first-order chi connectivity index (χ1) is 10.2. The summed E-state index contributed by atoms with van der Waals surface area (Å²) in [5.74, 6) is 0. The van der Waals surface area contributed by atoms with Crippen LogP contribution in [-0.2, 0) is 32.5 Å². The fourth-order valence-corrected chi connectivity index (χ4v) is 2.91. The quantitative estimate of drug-likeness (QED) is 0.839. The molecule has 0 amide bonds. The van der Waals surface area contributed by atoms with Gasteiger partial charge in [-0.25, -0.2) is 0 Å². The minimum absolute atomic E-state index is 0.748. The van der Waals surface area contributed by atoms with E-state index in [0.29, 0.717) is 0 Å². The van der Waals surface area contributed by atoms with Gasteiger partial charge in [-0.1, -0.05) is 49.7 Å². The van der Waals surface area contributed by atoms with Crippen molar-refractivity contribution >= 4 is 11.6 Å². The van der Waals surface area contributed by atoms with E-state index in [1.165, 1.54) is 11.1 Å². The molecule has 0 unspecified atom stereocenters. The van der Waals surface area contributed by atoms with E-state index in [1.54, 1.807) is 0 Å². The van der Waals surface area contributed by atoms with Gasteiger partial charge >= 0.3 is 0 Å². The van der Waals surface area contributed by atoms with Gasteiger partial charge in [-0.05, 0) is 30.9 Å². The largest absolute Gasteiger partial charge is 0.307 e. The number of halogens is 1. The fourth-order valence-electron chi connectivity index (χ4n) is 2.58. The molecule has 4 heteroatoms. The van der Waals surface area contributed by atoms with Crippen LogP contribution in [0.2, 0.25) is 5.02 Å². The van der Waals surface area contributed by atoms with Crippen molar-refractivity contribution < 1.29 is 0 Å². The van der Waals surface area contributed by atoms with E-state index in [-0.39, 0.29) is 0 Å². The Morgan fingerprint density at radius 2 is 1.76 bits per heavy atom. The summed E-state index contributed by atoms with van der Waals surface area (Å²) in [6.45, 7) is 8.83. The third-order valence-electron chi connectivity index (χ3n) is 3.80. The van der Waals surface area contributed by atoms with Gasteiger partial charge in [0.1, 0.15) is 0 Å². The maximum atomic E-state index is 6.43. The molecule has 2 aromatic rings. The molecule has 0 saturated carbocycles. The van der Waals surface area contributed by atoms with Crippen LogP contribution in [0.25, 0.3) is 0 Å². The summed E-state index contributed by atoms with van der Waals surface area (Å²) in [4.78, 5) is 0. The number of aryl methyl sites for hydroxylation is 3. The average molecular weight is 306 g/mol. The van der Waals surface area contributed by atoms with E-state index < -0.39 is 0 Å². The Bertz CT molecular complexity index is 590. The molecule has 3 nitrogen and oxygen atoms in total. The summed E-state index contributed by atoms with van der Waals surface area (Å²) in [5, 5.41) is 8.87. The van der Waals surface area contributed by atoms with Gasteiger partial charge in [-0.15, -0.1) is 0 Å². The van der Waals surface area contributed by atoms with Gasteiger partial charge in [0.2, 0.25) is 0 Å². The normalized spacial score (nSPS) is 11.0. The molecule has 0 saturated heterocycles. The molecule has 0 fully saturated rings. The van der Waals surface area contributed by atoms with Crippen LogP contribution in [0.1, 0.15) is 43.3 Å². The summed E-state index contributed by atoms with van der Waals surface area (Å²) in [5.41, 5.74) is 4.83. The van der Waals surface area contributed by atoms with Crippen molar-refractivity contribution in [3.63, 3.8) is 0 Å². The Morgan fingerprint density at radius 3 is 2.38 bits per heavy atom. The van der Waals surface area contributed by atoms with Crippen LogP contribution < -0.4 is 5.32 Å². The van der Waals surface area contributed by atoms with Crippen molar-refractivity contribution in [3.05, 3.63) is 51.8 Å². The Kier molecular flexibility index (Phi) is 5.83. The second-order valence-corrected chi connectivity index (χ2v) is 5.48. The predicted molar refractivity (Wildman–Crippen MR) is 88.7 cm³/mol. The lowest BCUT2D eigenvalue weighted by molar-refractivity contribution is 0.577. The van der Waals surface area contributed by atoms with Crippen LogP contribution >= 0.6 is 11.6 Å². The molecule has 0 aliphatic rings. The number of nitrogens with zero attached hydrogens (tertiary/aromatic N) is 2. The molecular formula is C17H24ClN3. The highest BCUT2D eigenvalue weighted by molar-refractivity contribution is 6.31. The Labute approximate surface area is 132 Å². The molecule has 0 aliphatic heterocycles. The second kappa shape index (κ2) is 7.62. The third-order valence-corrected chi connectivity index (χ3v) is 4.24. The SMILES string of the molecule is CCc1ccccc1CNCc1c(Cl)c(CC)nn1CC. The maximum Gasteiger partial charge on any atom is 0.0863 e. The first kappa shape index (κ1) is 16.1. The summed E-state index contributed by atoms with van der Waals surface area (Å²) >= 11 is 6.43. The van der Waals surface area contributed by atoms with Crippen molar-refractivity contribution in [2.75, 3.05) is 0 Å². The van der Waals surface area contributed by atoms with Gasteiger partial charge in [0.05, 0.1) is 16.4 Å². The third kappa shape index (κ3) is 3.66. The number of rotatable bonds is 7. The summed E-state index contributed by atoms with van der Waals surface area (Å²) < 4.78 is 2.00. The molecule has 1 heterocycles. The number of aromatic nitrogens is 2. The van der Waals surface area contributed by atoms with Gasteiger partial charge in [-0.3, -0.25) is 4.68 Å². The molecule has 0 aliphatic carbocycles. The number of hydrogen-bond acceptors (Lipinski definition) is 2. The molecule has 0 spiro atoms. The van der Waals surface area contributed by atoms with Crippen molar-refractivity contribution in [2.24, 2.45) is 0 Å². The molecule has 0 bridgehead atoms. The standard InChI is InChI=1S/C17H24ClN3/c1-4-13-9-7-8-10-14(13)11-19-12-16-17(18)15(5-2)20-21(16)6-3/h7-10,19H,4-6,11-12H2,1-3H3. The Hall–Kier alpha value is -1.32. The smallest absolute Gasteiger partial charge is 0.0863 e. The van der Waals surface area contributed by atoms with Crippen molar-refractivity contribution in [2.45, 2.75) is 53.2 Å². The molecule has 1 aromatic carbocycles. The highest BCUT2D eigenvalue weighted by atomic mass is 35.5. The zero-order valence-corrected chi connectivity index (χ0v) is 13.9. The molecular weight excluding hydrogens is 282 g/mol. The molecule has 1 N–H and O–H groups in total. The Balaban J connectivity index is 2.05. The average Bonchev–Trinajstić information content (AvgIpc) is 2.83. The lowest BCUT2D eigenvalue weighted by Gasteiger charge is -2.10. The highest BCUT2D eigenvalue weighted by Gasteiger charge is 2.13. The number of benzene rings is 1. The summed E-state index contributed by atoms with van der Waals surface area (Å²) in [7, 11) is 0. The van der Waals surface area contributed by atoms with Crippen molar-refractivity contribution in [1.29, 1.82) is 0 Å². The fraction of sp³-hybridized carbons (Fsp3) is 0.471. The second-order valence-electron chi connectivity index (χ2n) is 5.10. The van der Waals surface area contributed by atoms with Crippen LogP contribution in [0.3, 0.4) is 0 Å². The van der Waals surface area contributed by atoms with E-state index in [1.807, 2.05) is 4.68 Å². The number of nitrogens with one attached hydrogen (secondary N) is 1. The highest BCUT2D eigenvalue weighted by Crippen LogP contribution is 2.21. The van der Waals surface area contributed by atoms with E-state index in [2.05, 4.69) is 55.5 Å². The van der Waals surface area contributed by atoms with Gasteiger partial charge in [0.15, 0.2) is 0 Å². The monoisotopic (exact) mass is 305 g/mol. The van der Waals surface area contributed by atoms with Crippen LogP contribution in [0, 0.1) is 0 Å². The van der Waals surface area contributed by atoms with E-state index in [4.69, 9.17) is 11.6 Å². The Morgan fingerprint density at radius 1 is 1.05 bits per heavy atom. The van der Waals surface area contributed by atoms with E-state index >= 15 is 0 Å². The number of hydrogen-bond donors (Lipinski definition) is 1. The van der Waals surface area contributed by atoms with Crippen molar-refractivity contribution in [1.82, 2.24) is 15.1 Å². The van der Waals surface area contributed by atoms with Gasteiger partial charge < -0.3 is 5.32 Å². The minimum atomic E-state index is 0.748. The molecule has 1 aromatic heterocycles. The zero-order valence-electron chi connectivity index (χ0n) is 13.1. The molecule has 114 valence electrons. The molecule has 0 radical (unpaired) electrons. The predicted octanol–water partition coefficient (Wildman–Crippen LogP) is 3.97. The van der Waals surface area contributed by atoms with Crippen LogP contribution in [0.4, 0.5) is 0 Å². The van der Waals surface area contributed by atoms with Gasteiger partial charge in [0.25, 0.3) is 0 Å². The van der Waals surface area contributed by atoms with Crippen molar-refractivity contribution in [3.8, 4) is 0 Å². The van der Waals surface area contributed by atoms with Crippen LogP contribution in [-0.4, -0.2) is 9.78 Å².